The fourth-order valence-electron chi connectivity index (χ4n) is 2.68. The van der Waals surface area contributed by atoms with Gasteiger partial charge >= 0.3 is 0 Å². The molecule has 1 aliphatic rings. The molecule has 23 heavy (non-hydrogen) atoms. The number of anilines is 1. The molecule has 0 radical (unpaired) electrons. The highest BCUT2D eigenvalue weighted by Gasteiger charge is 2.20. The molecule has 1 aliphatic heterocycles. The molecule has 0 bridgehead atoms. The van der Waals surface area contributed by atoms with Gasteiger partial charge in [-0.15, -0.1) is 0 Å². The summed E-state index contributed by atoms with van der Waals surface area (Å²) in [7, 11) is 0. The van der Waals surface area contributed by atoms with Crippen molar-refractivity contribution in [2.24, 2.45) is 0 Å². The quantitative estimate of drug-likeness (QED) is 0.867. The zero-order valence-electron chi connectivity index (χ0n) is 12.5. The molecule has 0 aliphatic carbocycles. The Balaban J connectivity index is 1.61. The molecule has 0 N–H and O–H groups in total. The van der Waals surface area contributed by atoms with Gasteiger partial charge in [-0.25, -0.2) is 9.37 Å². The third-order valence-electron chi connectivity index (χ3n) is 4.02. The van der Waals surface area contributed by atoms with Crippen molar-refractivity contribution in [2.45, 2.75) is 6.54 Å². The van der Waals surface area contributed by atoms with Gasteiger partial charge in [0.05, 0.1) is 5.56 Å². The van der Waals surface area contributed by atoms with Crippen LogP contribution in [0.4, 0.5) is 10.2 Å². The lowest BCUT2D eigenvalue weighted by Crippen LogP contribution is -2.46. The number of piperazine rings is 1. The molecule has 2 heterocycles. The van der Waals surface area contributed by atoms with E-state index in [0.29, 0.717) is 22.7 Å². The standard InChI is InChI=1S/C17H16ClFN4/c18-15-2-1-3-16(19)14(15)12-22-6-8-23(9-7-22)17-5-4-13(10-20)11-21-17/h1-5,11H,6-9,12H2. The molecule has 1 aromatic carbocycles. The maximum Gasteiger partial charge on any atom is 0.129 e. The van der Waals surface area contributed by atoms with Crippen LogP contribution in [0.3, 0.4) is 0 Å². The zero-order chi connectivity index (χ0) is 16.2. The number of hydrogen-bond donors (Lipinski definition) is 0. The van der Waals surface area contributed by atoms with E-state index in [-0.39, 0.29) is 5.82 Å². The first-order valence-corrected chi connectivity index (χ1v) is 7.81. The van der Waals surface area contributed by atoms with Gasteiger partial charge in [0.1, 0.15) is 17.7 Å². The Labute approximate surface area is 139 Å². The largest absolute Gasteiger partial charge is 0.354 e. The van der Waals surface area contributed by atoms with E-state index in [1.54, 1.807) is 24.4 Å². The SMILES string of the molecule is N#Cc1ccc(N2CCN(Cc3c(F)cccc3Cl)CC2)nc1. The summed E-state index contributed by atoms with van der Waals surface area (Å²) >= 11 is 6.09. The van der Waals surface area contributed by atoms with Gasteiger partial charge in [0, 0.05) is 49.5 Å². The van der Waals surface area contributed by atoms with Crippen LogP contribution in [-0.4, -0.2) is 36.1 Å². The van der Waals surface area contributed by atoms with Crippen molar-refractivity contribution in [1.82, 2.24) is 9.88 Å². The smallest absolute Gasteiger partial charge is 0.129 e. The molecule has 0 atom stereocenters. The van der Waals surface area contributed by atoms with Gasteiger partial charge in [0.25, 0.3) is 0 Å². The first kappa shape index (κ1) is 15.7. The molecule has 1 aromatic heterocycles. The first-order chi connectivity index (χ1) is 11.2. The summed E-state index contributed by atoms with van der Waals surface area (Å²) < 4.78 is 13.9. The molecule has 2 aromatic rings. The lowest BCUT2D eigenvalue weighted by atomic mass is 10.2. The van der Waals surface area contributed by atoms with E-state index >= 15 is 0 Å². The molecule has 1 fully saturated rings. The van der Waals surface area contributed by atoms with Gasteiger partial charge in [-0.05, 0) is 24.3 Å². The van der Waals surface area contributed by atoms with Crippen molar-refractivity contribution >= 4 is 17.4 Å². The predicted molar refractivity (Wildman–Crippen MR) is 87.9 cm³/mol. The fourth-order valence-corrected chi connectivity index (χ4v) is 2.90. The zero-order valence-corrected chi connectivity index (χ0v) is 13.3. The number of pyridine rings is 1. The molecule has 0 spiro atoms. The van der Waals surface area contributed by atoms with Crippen LogP contribution < -0.4 is 4.90 Å². The molecule has 6 heteroatoms. The molecule has 4 nitrogen and oxygen atoms in total. The number of halogens is 2. The highest BCUT2D eigenvalue weighted by atomic mass is 35.5. The van der Waals surface area contributed by atoms with Crippen molar-refractivity contribution < 1.29 is 4.39 Å². The van der Waals surface area contributed by atoms with Crippen LogP contribution in [0.2, 0.25) is 5.02 Å². The van der Waals surface area contributed by atoms with Gasteiger partial charge in [-0.3, -0.25) is 4.90 Å². The van der Waals surface area contributed by atoms with Gasteiger partial charge < -0.3 is 4.90 Å². The molecule has 0 unspecified atom stereocenters. The molecule has 0 saturated carbocycles. The Kier molecular flexibility index (Phi) is 4.75. The number of nitriles is 1. The van der Waals surface area contributed by atoms with E-state index in [9.17, 15) is 4.39 Å². The van der Waals surface area contributed by atoms with Crippen molar-refractivity contribution in [3.8, 4) is 6.07 Å². The van der Waals surface area contributed by atoms with Crippen LogP contribution in [0.5, 0.6) is 0 Å². The second kappa shape index (κ2) is 6.95. The Hall–Kier alpha value is -2.16. The van der Waals surface area contributed by atoms with E-state index in [0.717, 1.165) is 32.0 Å². The van der Waals surface area contributed by atoms with Crippen LogP contribution >= 0.6 is 11.6 Å². The maximum absolute atomic E-state index is 13.9. The molecular weight excluding hydrogens is 315 g/mol. The summed E-state index contributed by atoms with van der Waals surface area (Å²) in [6, 6.07) is 10.5. The van der Waals surface area contributed by atoms with Crippen molar-refractivity contribution in [3.05, 3.63) is 58.5 Å². The summed E-state index contributed by atoms with van der Waals surface area (Å²) in [5, 5.41) is 9.28. The van der Waals surface area contributed by atoms with Crippen molar-refractivity contribution in [1.29, 1.82) is 5.26 Å². The summed E-state index contributed by atoms with van der Waals surface area (Å²) in [6.45, 7) is 3.76. The van der Waals surface area contributed by atoms with Gasteiger partial charge in [0.2, 0.25) is 0 Å². The van der Waals surface area contributed by atoms with E-state index in [2.05, 4.69) is 20.9 Å². The molecule has 0 amide bonds. The van der Waals surface area contributed by atoms with E-state index in [1.165, 1.54) is 6.07 Å². The summed E-state index contributed by atoms with van der Waals surface area (Å²) in [5.41, 5.74) is 1.11. The first-order valence-electron chi connectivity index (χ1n) is 7.44. The summed E-state index contributed by atoms with van der Waals surface area (Å²) in [4.78, 5) is 8.67. The summed E-state index contributed by atoms with van der Waals surface area (Å²) in [5.74, 6) is 0.612. The number of rotatable bonds is 3. The minimum atomic E-state index is -0.256. The number of benzene rings is 1. The number of nitrogens with zero attached hydrogens (tertiary/aromatic N) is 4. The third kappa shape index (κ3) is 3.61. The highest BCUT2D eigenvalue weighted by molar-refractivity contribution is 6.31. The van der Waals surface area contributed by atoms with E-state index in [1.807, 2.05) is 6.07 Å². The third-order valence-corrected chi connectivity index (χ3v) is 4.37. The van der Waals surface area contributed by atoms with Crippen LogP contribution in [0.25, 0.3) is 0 Å². The molecular formula is C17H16ClFN4. The van der Waals surface area contributed by atoms with Gasteiger partial charge in [0.15, 0.2) is 0 Å². The second-order valence-electron chi connectivity index (χ2n) is 5.48. The Morgan fingerprint density at radius 1 is 1.17 bits per heavy atom. The molecule has 1 saturated heterocycles. The normalized spacial score (nSPS) is 15.4. The Bertz CT molecular complexity index is 698. The lowest BCUT2D eigenvalue weighted by molar-refractivity contribution is 0.246. The number of hydrogen-bond acceptors (Lipinski definition) is 4. The average molecular weight is 331 g/mol. The van der Waals surface area contributed by atoms with E-state index in [4.69, 9.17) is 16.9 Å². The number of aromatic nitrogens is 1. The van der Waals surface area contributed by atoms with Crippen LogP contribution in [-0.2, 0) is 6.54 Å². The topological polar surface area (TPSA) is 43.2 Å². The highest BCUT2D eigenvalue weighted by Crippen LogP contribution is 2.22. The maximum atomic E-state index is 13.9. The second-order valence-corrected chi connectivity index (χ2v) is 5.89. The average Bonchev–Trinajstić information content (AvgIpc) is 2.59. The van der Waals surface area contributed by atoms with Gasteiger partial charge in [-0.1, -0.05) is 17.7 Å². The van der Waals surface area contributed by atoms with E-state index < -0.39 is 0 Å². The van der Waals surface area contributed by atoms with Gasteiger partial charge in [-0.2, -0.15) is 5.26 Å². The Morgan fingerprint density at radius 3 is 2.57 bits per heavy atom. The minimum absolute atomic E-state index is 0.256. The minimum Gasteiger partial charge on any atom is -0.354 e. The van der Waals surface area contributed by atoms with Crippen LogP contribution in [0.15, 0.2) is 36.5 Å². The van der Waals surface area contributed by atoms with Crippen LogP contribution in [0.1, 0.15) is 11.1 Å². The molecule has 118 valence electrons. The predicted octanol–water partition coefficient (Wildman–Crippen LogP) is 3.07. The monoisotopic (exact) mass is 330 g/mol. The van der Waals surface area contributed by atoms with Crippen molar-refractivity contribution in [3.63, 3.8) is 0 Å². The van der Waals surface area contributed by atoms with Crippen LogP contribution in [0, 0.1) is 17.1 Å². The lowest BCUT2D eigenvalue weighted by Gasteiger charge is -2.35. The fraction of sp³-hybridized carbons (Fsp3) is 0.294. The molecule has 3 rings (SSSR count). The summed E-state index contributed by atoms with van der Waals surface area (Å²) in [6.07, 6.45) is 1.58. The van der Waals surface area contributed by atoms with Crippen molar-refractivity contribution in [2.75, 3.05) is 31.1 Å². The Morgan fingerprint density at radius 2 is 1.96 bits per heavy atom.